The number of methoxy groups -OCH3 is 2. The summed E-state index contributed by atoms with van der Waals surface area (Å²) in [7, 11) is 2.93. The first-order chi connectivity index (χ1) is 13.4. The topological polar surface area (TPSA) is 69.9 Å². The lowest BCUT2D eigenvalue weighted by Gasteiger charge is -2.05. The molecular formula is C21H22N2O4S. The fourth-order valence-electron chi connectivity index (χ4n) is 2.85. The van der Waals surface area contributed by atoms with Gasteiger partial charge in [0.25, 0.3) is 5.91 Å². The molecule has 2 aromatic carbocycles. The summed E-state index contributed by atoms with van der Waals surface area (Å²) >= 11 is 1.34. The Kier molecular flexibility index (Phi) is 5.94. The molecule has 6 nitrogen and oxygen atoms in total. The molecule has 0 N–H and O–H groups in total. The van der Waals surface area contributed by atoms with Crippen molar-refractivity contribution in [3.8, 4) is 5.75 Å². The molecule has 0 fully saturated rings. The zero-order valence-electron chi connectivity index (χ0n) is 16.3. The van der Waals surface area contributed by atoms with Crippen LogP contribution < -0.4 is 9.54 Å². The van der Waals surface area contributed by atoms with E-state index in [2.05, 4.69) is 4.99 Å². The van der Waals surface area contributed by atoms with Crippen molar-refractivity contribution in [3.05, 3.63) is 57.9 Å². The van der Waals surface area contributed by atoms with Crippen LogP contribution in [0, 0.1) is 13.8 Å². The molecule has 3 rings (SSSR count). The third-order valence-corrected chi connectivity index (χ3v) is 5.59. The number of esters is 1. The van der Waals surface area contributed by atoms with E-state index in [9.17, 15) is 9.59 Å². The highest BCUT2D eigenvalue weighted by Gasteiger charge is 2.13. The van der Waals surface area contributed by atoms with E-state index in [0.717, 1.165) is 21.3 Å². The highest BCUT2D eigenvalue weighted by Crippen LogP contribution is 2.23. The van der Waals surface area contributed by atoms with E-state index in [1.807, 2.05) is 50.2 Å². The molecule has 7 heteroatoms. The standard InChI is InChI=1S/C21H22N2O4S/c1-13-5-6-15(9-14(13)2)10-19(24)22-21-23(12-20(25)27-4)17-8-7-16(26-3)11-18(17)28-21/h5-9,11H,10,12H2,1-4H3. The Morgan fingerprint density at radius 2 is 1.86 bits per heavy atom. The molecule has 0 saturated carbocycles. The number of nitrogens with zero attached hydrogens (tertiary/aromatic N) is 2. The van der Waals surface area contributed by atoms with Crippen LogP contribution in [-0.2, 0) is 27.3 Å². The molecule has 28 heavy (non-hydrogen) atoms. The summed E-state index contributed by atoms with van der Waals surface area (Å²) in [6.45, 7) is 4.04. The van der Waals surface area contributed by atoms with Gasteiger partial charge in [0, 0.05) is 0 Å². The van der Waals surface area contributed by atoms with E-state index in [4.69, 9.17) is 9.47 Å². The molecule has 0 aliphatic carbocycles. The van der Waals surface area contributed by atoms with E-state index in [1.54, 1.807) is 11.7 Å². The van der Waals surface area contributed by atoms with Gasteiger partial charge in [0.05, 0.1) is 30.9 Å². The van der Waals surface area contributed by atoms with Crippen LogP contribution in [0.3, 0.4) is 0 Å². The Balaban J connectivity index is 2.01. The maximum atomic E-state index is 12.6. The predicted octanol–water partition coefficient (Wildman–Crippen LogP) is 3.17. The first kappa shape index (κ1) is 19.8. The van der Waals surface area contributed by atoms with E-state index in [-0.39, 0.29) is 18.9 Å². The Hall–Kier alpha value is -2.93. The number of benzene rings is 2. The van der Waals surface area contributed by atoms with Crippen LogP contribution in [0.2, 0.25) is 0 Å². The van der Waals surface area contributed by atoms with Gasteiger partial charge >= 0.3 is 5.97 Å². The monoisotopic (exact) mass is 398 g/mol. The highest BCUT2D eigenvalue weighted by atomic mass is 32.1. The van der Waals surface area contributed by atoms with Crippen LogP contribution in [0.25, 0.3) is 10.2 Å². The van der Waals surface area contributed by atoms with Gasteiger partial charge in [-0.2, -0.15) is 4.99 Å². The van der Waals surface area contributed by atoms with Gasteiger partial charge in [-0.15, -0.1) is 0 Å². The van der Waals surface area contributed by atoms with Crippen LogP contribution in [-0.4, -0.2) is 30.7 Å². The summed E-state index contributed by atoms with van der Waals surface area (Å²) in [5.74, 6) is 0.0333. The van der Waals surface area contributed by atoms with E-state index < -0.39 is 5.97 Å². The van der Waals surface area contributed by atoms with Crippen molar-refractivity contribution in [1.29, 1.82) is 0 Å². The number of fused-ring (bicyclic) bond motifs is 1. The van der Waals surface area contributed by atoms with Gasteiger partial charge in [0.2, 0.25) is 0 Å². The van der Waals surface area contributed by atoms with Crippen molar-refractivity contribution in [3.63, 3.8) is 0 Å². The molecule has 1 heterocycles. The molecular weight excluding hydrogens is 376 g/mol. The number of aromatic nitrogens is 1. The van der Waals surface area contributed by atoms with Crippen molar-refractivity contribution >= 4 is 33.4 Å². The molecule has 0 saturated heterocycles. The minimum Gasteiger partial charge on any atom is -0.497 e. The number of hydrogen-bond acceptors (Lipinski definition) is 5. The van der Waals surface area contributed by atoms with E-state index in [0.29, 0.717) is 10.6 Å². The number of amides is 1. The predicted molar refractivity (Wildman–Crippen MR) is 109 cm³/mol. The zero-order chi connectivity index (χ0) is 20.3. The molecule has 0 aliphatic rings. The fourth-order valence-corrected chi connectivity index (χ4v) is 3.92. The Morgan fingerprint density at radius 3 is 2.54 bits per heavy atom. The van der Waals surface area contributed by atoms with Crippen molar-refractivity contribution < 1.29 is 19.1 Å². The summed E-state index contributed by atoms with van der Waals surface area (Å²) in [6.07, 6.45) is 0.205. The fraction of sp³-hybridized carbons (Fsp3) is 0.286. The number of ether oxygens (including phenoxy) is 2. The lowest BCUT2D eigenvalue weighted by Crippen LogP contribution is -2.22. The average molecular weight is 398 g/mol. The Labute approximate surface area is 167 Å². The minimum atomic E-state index is -0.404. The van der Waals surface area contributed by atoms with Crippen molar-refractivity contribution in [1.82, 2.24) is 4.57 Å². The van der Waals surface area contributed by atoms with Gasteiger partial charge in [0.1, 0.15) is 12.3 Å². The second kappa shape index (κ2) is 8.39. The van der Waals surface area contributed by atoms with Crippen molar-refractivity contribution in [2.75, 3.05) is 14.2 Å². The van der Waals surface area contributed by atoms with Gasteiger partial charge in [0.15, 0.2) is 4.80 Å². The third-order valence-electron chi connectivity index (χ3n) is 4.55. The number of carbonyl (C=O) groups excluding carboxylic acids is 2. The molecule has 0 spiro atoms. The molecule has 1 amide bonds. The van der Waals surface area contributed by atoms with Crippen LogP contribution >= 0.6 is 11.3 Å². The maximum absolute atomic E-state index is 12.6. The average Bonchev–Trinajstić information content (AvgIpc) is 3.00. The molecule has 3 aromatic rings. The summed E-state index contributed by atoms with van der Waals surface area (Å²) < 4.78 is 12.6. The SMILES string of the molecule is COC(=O)Cn1c(=NC(=O)Cc2ccc(C)c(C)c2)sc2cc(OC)ccc21. The van der Waals surface area contributed by atoms with Crippen molar-refractivity contribution in [2.45, 2.75) is 26.8 Å². The Morgan fingerprint density at radius 1 is 1.07 bits per heavy atom. The summed E-state index contributed by atoms with van der Waals surface area (Å²) in [6, 6.07) is 11.5. The van der Waals surface area contributed by atoms with Crippen LogP contribution in [0.1, 0.15) is 16.7 Å². The second-order valence-electron chi connectivity index (χ2n) is 6.48. The number of aryl methyl sites for hydroxylation is 2. The van der Waals surface area contributed by atoms with Gasteiger partial charge in [-0.1, -0.05) is 29.5 Å². The lowest BCUT2D eigenvalue weighted by atomic mass is 10.0. The summed E-state index contributed by atoms with van der Waals surface area (Å²) in [5.41, 5.74) is 4.04. The van der Waals surface area contributed by atoms with Gasteiger partial charge in [-0.05, 0) is 48.7 Å². The molecule has 146 valence electrons. The normalized spacial score (nSPS) is 11.6. The number of rotatable bonds is 5. The maximum Gasteiger partial charge on any atom is 0.325 e. The smallest absolute Gasteiger partial charge is 0.325 e. The zero-order valence-corrected chi connectivity index (χ0v) is 17.1. The summed E-state index contributed by atoms with van der Waals surface area (Å²) in [4.78, 5) is 29.2. The van der Waals surface area contributed by atoms with Gasteiger partial charge in [-0.3, -0.25) is 9.59 Å². The van der Waals surface area contributed by atoms with Crippen LogP contribution in [0.4, 0.5) is 0 Å². The van der Waals surface area contributed by atoms with Crippen molar-refractivity contribution in [2.24, 2.45) is 4.99 Å². The molecule has 0 unspecified atom stereocenters. The Bertz CT molecular complexity index is 1110. The molecule has 0 atom stereocenters. The van der Waals surface area contributed by atoms with Crippen LogP contribution in [0.5, 0.6) is 5.75 Å². The van der Waals surface area contributed by atoms with Gasteiger partial charge < -0.3 is 14.0 Å². The largest absolute Gasteiger partial charge is 0.497 e. The second-order valence-corrected chi connectivity index (χ2v) is 7.49. The van der Waals surface area contributed by atoms with Crippen LogP contribution in [0.15, 0.2) is 41.4 Å². The third kappa shape index (κ3) is 4.31. The van der Waals surface area contributed by atoms with Gasteiger partial charge in [-0.25, -0.2) is 0 Å². The number of carbonyl (C=O) groups is 2. The van der Waals surface area contributed by atoms with E-state index in [1.165, 1.54) is 24.0 Å². The molecule has 0 radical (unpaired) electrons. The first-order valence-corrected chi connectivity index (χ1v) is 9.61. The highest BCUT2D eigenvalue weighted by molar-refractivity contribution is 7.16. The lowest BCUT2D eigenvalue weighted by molar-refractivity contribution is -0.141. The summed E-state index contributed by atoms with van der Waals surface area (Å²) in [5, 5.41) is 0. The number of thiazole rings is 1. The molecule has 0 aliphatic heterocycles. The minimum absolute atomic E-state index is 0.0153. The van der Waals surface area contributed by atoms with E-state index >= 15 is 0 Å². The molecule has 1 aromatic heterocycles. The first-order valence-electron chi connectivity index (χ1n) is 8.79. The quantitative estimate of drug-likeness (QED) is 0.619. The molecule has 0 bridgehead atoms. The number of hydrogen-bond donors (Lipinski definition) is 0.